The van der Waals surface area contributed by atoms with Gasteiger partial charge in [-0.25, -0.2) is 10.2 Å². The summed E-state index contributed by atoms with van der Waals surface area (Å²) in [6.45, 7) is 0. The monoisotopic (exact) mass is 278 g/mol. The molecule has 0 radical (unpaired) electrons. The van der Waals surface area contributed by atoms with Crippen molar-refractivity contribution in [3.05, 3.63) is 55.3 Å². The Hall–Kier alpha value is -1.66. The van der Waals surface area contributed by atoms with Crippen LogP contribution in [0.15, 0.2) is 34.1 Å². The van der Waals surface area contributed by atoms with E-state index in [2.05, 4.69) is 20.4 Å². The second-order valence-corrected chi connectivity index (χ2v) is 3.26. The first kappa shape index (κ1) is 15.3. The number of rotatable bonds is 0. The van der Waals surface area contributed by atoms with E-state index in [1.54, 1.807) is 6.07 Å². The smallest absolute Gasteiger partial charge is 0.268 e. The lowest BCUT2D eigenvalue weighted by molar-refractivity contribution is 0.988. The molecule has 94 valence electrons. The van der Waals surface area contributed by atoms with Gasteiger partial charge in [0.05, 0.1) is 11.2 Å². The number of hydrogen-bond acceptors (Lipinski definition) is 4. The molecule has 0 bridgehead atoms. The molecule has 0 saturated carbocycles. The normalized spacial score (nSPS) is 8.59. The summed E-state index contributed by atoms with van der Waals surface area (Å²) in [5.41, 5.74) is -0.633. The molecule has 2 rings (SSSR count). The quantitative estimate of drug-likeness (QED) is 0.768. The molecule has 0 spiro atoms. The van der Waals surface area contributed by atoms with Gasteiger partial charge in [0.25, 0.3) is 11.1 Å². The summed E-state index contributed by atoms with van der Waals surface area (Å²) in [7, 11) is 0. The van der Waals surface area contributed by atoms with Crippen LogP contribution in [0.5, 0.6) is 0 Å². The topological polar surface area (TPSA) is 91.5 Å². The van der Waals surface area contributed by atoms with E-state index in [1.165, 1.54) is 18.5 Å². The van der Waals surface area contributed by atoms with E-state index in [1.807, 2.05) is 0 Å². The van der Waals surface area contributed by atoms with Gasteiger partial charge in [-0.1, -0.05) is 30.6 Å². The minimum absolute atomic E-state index is 0. The molecule has 8 heteroatoms. The Balaban J connectivity index is 0. The Morgan fingerprint density at radius 3 is 2.24 bits per heavy atom. The van der Waals surface area contributed by atoms with Crippen molar-refractivity contribution in [1.29, 1.82) is 0 Å². The maximum absolute atomic E-state index is 10.5. The molecule has 17 heavy (non-hydrogen) atoms. The van der Waals surface area contributed by atoms with E-state index in [0.717, 1.165) is 0 Å². The Bertz CT molecular complexity index is 555. The van der Waals surface area contributed by atoms with Gasteiger partial charge in [0.1, 0.15) is 5.02 Å². The van der Waals surface area contributed by atoms with Gasteiger partial charge in [-0.15, -0.1) is 0 Å². The predicted molar refractivity (Wildman–Crippen MR) is 68.6 cm³/mol. The highest BCUT2D eigenvalue weighted by molar-refractivity contribution is 6.41. The van der Waals surface area contributed by atoms with Crippen LogP contribution in [0.1, 0.15) is 8.85 Å². The molecule has 2 aromatic rings. The molecule has 2 N–H and O–H groups in total. The van der Waals surface area contributed by atoms with Crippen LogP contribution in [0.3, 0.4) is 0 Å². The Morgan fingerprint density at radius 2 is 1.88 bits per heavy atom. The molecule has 0 unspecified atom stereocenters. The van der Waals surface area contributed by atoms with Crippen molar-refractivity contribution in [2.75, 3.05) is 0 Å². The summed E-state index contributed by atoms with van der Waals surface area (Å²) in [6, 6.07) is 2.99. The highest BCUT2D eigenvalue weighted by Crippen LogP contribution is 2.13. The van der Waals surface area contributed by atoms with E-state index in [-0.39, 0.29) is 24.5 Å². The van der Waals surface area contributed by atoms with Crippen LogP contribution in [0.4, 0.5) is 0 Å². The van der Waals surface area contributed by atoms with E-state index in [4.69, 9.17) is 23.2 Å². The number of halogens is 2. The number of hydrogen-bond donors (Lipinski definition) is 2. The minimum Gasteiger partial charge on any atom is -0.268 e. The number of aromatic nitrogens is 4. The molecule has 0 aliphatic rings. The second kappa shape index (κ2) is 7.59. The highest BCUT2D eigenvalue weighted by Gasteiger charge is 1.99. The maximum atomic E-state index is 10.5. The van der Waals surface area contributed by atoms with Gasteiger partial charge in [0.15, 0.2) is 0 Å². The molecule has 0 fully saturated rings. The molecule has 0 saturated heterocycles. The Kier molecular flexibility index (Phi) is 6.85. The van der Waals surface area contributed by atoms with Gasteiger partial charge in [0.2, 0.25) is 0 Å². The zero-order valence-electron chi connectivity index (χ0n) is 7.78. The zero-order valence-corrected chi connectivity index (χ0v) is 9.29. The molecule has 0 aliphatic heterocycles. The minimum atomic E-state index is -0.468. The summed E-state index contributed by atoms with van der Waals surface area (Å²) < 4.78 is 0. The number of nitrogens with zero attached hydrogens (tertiary/aromatic N) is 2. The van der Waals surface area contributed by atoms with Gasteiger partial charge in [0, 0.05) is 13.7 Å². The molecule has 6 nitrogen and oxygen atoms in total. The van der Waals surface area contributed by atoms with Crippen LogP contribution < -0.4 is 11.1 Å². The van der Waals surface area contributed by atoms with Crippen LogP contribution in [-0.4, -0.2) is 20.4 Å². The van der Waals surface area contributed by atoms with Gasteiger partial charge in [-0.3, -0.25) is 9.59 Å². The van der Waals surface area contributed by atoms with Crippen molar-refractivity contribution in [2.45, 2.75) is 7.43 Å². The first-order valence-corrected chi connectivity index (χ1v) is 4.75. The average Bonchev–Trinajstić information content (AvgIpc) is 2.28. The van der Waals surface area contributed by atoms with Crippen molar-refractivity contribution in [3.8, 4) is 0 Å². The Labute approximate surface area is 108 Å². The third-order valence-corrected chi connectivity index (χ3v) is 2.09. The SMILES string of the molecule is C.O=c1[nH]ncc(Cl)c1Cl.O=c1cccn[nH]1.[HH]. The lowest BCUT2D eigenvalue weighted by Gasteiger charge is -1.87. The van der Waals surface area contributed by atoms with Crippen molar-refractivity contribution >= 4 is 23.2 Å². The molecule has 0 aromatic carbocycles. The zero-order chi connectivity index (χ0) is 12.0. The molecule has 2 aromatic heterocycles. The maximum Gasteiger partial charge on any atom is 0.284 e. The largest absolute Gasteiger partial charge is 0.284 e. The van der Waals surface area contributed by atoms with Gasteiger partial charge in [-0.05, 0) is 6.07 Å². The summed E-state index contributed by atoms with van der Waals surface area (Å²) >= 11 is 10.8. The van der Waals surface area contributed by atoms with E-state index < -0.39 is 5.56 Å². The van der Waals surface area contributed by atoms with Crippen LogP contribution in [0, 0.1) is 0 Å². The lowest BCUT2D eigenvalue weighted by atomic mass is 10.6. The fourth-order valence-electron chi connectivity index (χ4n) is 0.673. The number of aromatic amines is 2. The van der Waals surface area contributed by atoms with E-state index in [0.29, 0.717) is 0 Å². The molecular formula is C9H12Cl2N4O2. The van der Waals surface area contributed by atoms with Gasteiger partial charge < -0.3 is 0 Å². The van der Waals surface area contributed by atoms with Gasteiger partial charge >= 0.3 is 0 Å². The summed E-state index contributed by atoms with van der Waals surface area (Å²) in [4.78, 5) is 20.7. The van der Waals surface area contributed by atoms with Crippen LogP contribution in [-0.2, 0) is 0 Å². The molecule has 2 heterocycles. The molecule has 0 atom stereocenters. The van der Waals surface area contributed by atoms with Gasteiger partial charge in [-0.2, -0.15) is 10.2 Å². The fraction of sp³-hybridized carbons (Fsp3) is 0.111. The van der Waals surface area contributed by atoms with E-state index >= 15 is 0 Å². The molecule has 0 amide bonds. The summed E-state index contributed by atoms with van der Waals surface area (Å²) in [5.74, 6) is 0. The number of nitrogens with one attached hydrogen (secondary N) is 2. The van der Waals surface area contributed by atoms with E-state index in [9.17, 15) is 9.59 Å². The van der Waals surface area contributed by atoms with Crippen LogP contribution >= 0.6 is 23.2 Å². The van der Waals surface area contributed by atoms with Crippen molar-refractivity contribution < 1.29 is 1.43 Å². The summed E-state index contributed by atoms with van der Waals surface area (Å²) in [6.07, 6.45) is 2.78. The van der Waals surface area contributed by atoms with Crippen molar-refractivity contribution in [3.63, 3.8) is 0 Å². The lowest BCUT2D eigenvalue weighted by Crippen LogP contribution is -2.07. The Morgan fingerprint density at radius 1 is 1.18 bits per heavy atom. The van der Waals surface area contributed by atoms with Crippen molar-refractivity contribution in [1.82, 2.24) is 20.4 Å². The number of H-pyrrole nitrogens is 2. The predicted octanol–water partition coefficient (Wildman–Crippen LogP) is 1.73. The second-order valence-electron chi connectivity index (χ2n) is 2.47. The molecular weight excluding hydrogens is 267 g/mol. The highest BCUT2D eigenvalue weighted by atomic mass is 35.5. The third-order valence-electron chi connectivity index (χ3n) is 1.34. The molecule has 0 aliphatic carbocycles. The fourth-order valence-corrected chi connectivity index (χ4v) is 0.899. The average molecular weight is 279 g/mol. The first-order valence-electron chi connectivity index (χ1n) is 3.99. The van der Waals surface area contributed by atoms with Crippen molar-refractivity contribution in [2.24, 2.45) is 0 Å². The van der Waals surface area contributed by atoms with Crippen LogP contribution in [0.2, 0.25) is 10.0 Å². The van der Waals surface area contributed by atoms with Crippen LogP contribution in [0.25, 0.3) is 0 Å². The summed E-state index contributed by atoms with van der Waals surface area (Å²) in [5, 5.41) is 11.3. The first-order chi connectivity index (χ1) is 7.61. The standard InChI is InChI=1S/C4H2Cl2N2O.C4H4N2O.CH4.H2/c5-2-1-7-8-4(9)3(2)6;7-4-2-1-3-5-6-4;;/h1H,(H,8,9);1-3H,(H,6,7);1H4;1H. The third kappa shape index (κ3) is 5.28.